The quantitative estimate of drug-likeness (QED) is 0.288. The van der Waals surface area contributed by atoms with Gasteiger partial charge in [-0.05, 0) is 88.3 Å². The molecule has 0 radical (unpaired) electrons. The Bertz CT molecular complexity index is 1210. The van der Waals surface area contributed by atoms with Crippen molar-refractivity contribution in [3.63, 3.8) is 0 Å². The van der Waals surface area contributed by atoms with Gasteiger partial charge in [-0.2, -0.15) is 18.4 Å². The minimum atomic E-state index is -4.33. The monoisotopic (exact) mass is 631 g/mol. The lowest BCUT2D eigenvalue weighted by Gasteiger charge is -2.40. The number of carbonyl (C=O) groups excluding carboxylic acids is 1. The fourth-order valence-corrected chi connectivity index (χ4v) is 6.05. The molecule has 2 aromatic rings. The van der Waals surface area contributed by atoms with E-state index in [1.807, 2.05) is 36.9 Å². The third-order valence-electron chi connectivity index (χ3n) is 8.78. The van der Waals surface area contributed by atoms with E-state index in [1.165, 1.54) is 0 Å². The second-order valence-corrected chi connectivity index (χ2v) is 12.7. The lowest BCUT2D eigenvalue weighted by molar-refractivity contribution is -0.142. The van der Waals surface area contributed by atoms with Gasteiger partial charge in [-0.15, -0.1) is 0 Å². The number of hydrogen-bond donors (Lipinski definition) is 0. The number of likely N-dealkylation sites (tertiary alicyclic amines) is 2. The van der Waals surface area contributed by atoms with Crippen LogP contribution in [0.25, 0.3) is 0 Å². The molecule has 250 valence electrons. The summed E-state index contributed by atoms with van der Waals surface area (Å²) >= 11 is 0. The number of alkyl halides is 3. The first-order valence-electron chi connectivity index (χ1n) is 16.0. The molecule has 0 saturated carbocycles. The largest absolute Gasteiger partial charge is 0.497 e. The van der Waals surface area contributed by atoms with Crippen molar-refractivity contribution >= 4 is 5.91 Å². The van der Waals surface area contributed by atoms with Crippen molar-refractivity contribution < 1.29 is 27.4 Å². The first kappa shape index (κ1) is 38.1. The molecule has 45 heavy (non-hydrogen) atoms. The van der Waals surface area contributed by atoms with Gasteiger partial charge in [0.1, 0.15) is 5.75 Å². The van der Waals surface area contributed by atoms with Gasteiger partial charge in [-0.3, -0.25) is 9.69 Å². The van der Waals surface area contributed by atoms with Crippen LogP contribution in [0.2, 0.25) is 0 Å². The van der Waals surface area contributed by atoms with E-state index < -0.39 is 17.2 Å². The van der Waals surface area contributed by atoms with Crippen molar-refractivity contribution in [2.24, 2.45) is 5.41 Å². The highest BCUT2D eigenvalue weighted by Crippen LogP contribution is 2.47. The standard InChI is InChI=1S/C29H37F3N2O2.C5H9NO.C2H6/c1-27(2,3)34-18-25(22-8-12-24(36-5)13-9-22)28(4,19-34)26(35)33-16-14-21(15-17-33)20-6-10-23(11-7-20)29(30,31)32;1-7-5-3-2-4-6;1-2/h6-13,21,25H,14-19H2,1-5H3;2-3,5H2,1H3;1-2H3/t25-,28?;;/m0../s1. The topological polar surface area (TPSA) is 65.8 Å². The zero-order chi connectivity index (χ0) is 33.8. The Morgan fingerprint density at radius 1 is 0.978 bits per heavy atom. The first-order chi connectivity index (χ1) is 21.2. The Kier molecular flexibility index (Phi) is 14.4. The molecular formula is C36H52F3N3O3. The second-order valence-electron chi connectivity index (χ2n) is 12.7. The van der Waals surface area contributed by atoms with Crippen molar-refractivity contribution in [2.45, 2.75) is 90.8 Å². The smallest absolute Gasteiger partial charge is 0.416 e. The van der Waals surface area contributed by atoms with E-state index in [-0.39, 0.29) is 23.3 Å². The summed E-state index contributed by atoms with van der Waals surface area (Å²) in [6.45, 7) is 16.1. The Labute approximate surface area is 268 Å². The van der Waals surface area contributed by atoms with E-state index >= 15 is 0 Å². The number of piperidine rings is 1. The number of halogens is 3. The molecule has 2 fully saturated rings. The first-order valence-corrected chi connectivity index (χ1v) is 16.0. The van der Waals surface area contributed by atoms with E-state index in [1.54, 1.807) is 26.4 Å². The number of rotatable bonds is 7. The third kappa shape index (κ3) is 10.2. The number of benzene rings is 2. The molecule has 9 heteroatoms. The van der Waals surface area contributed by atoms with Crippen molar-refractivity contribution in [3.05, 3.63) is 65.2 Å². The van der Waals surface area contributed by atoms with E-state index in [9.17, 15) is 18.0 Å². The predicted molar refractivity (Wildman–Crippen MR) is 173 cm³/mol. The van der Waals surface area contributed by atoms with Gasteiger partial charge in [-0.1, -0.05) is 38.1 Å². The third-order valence-corrected chi connectivity index (χ3v) is 8.78. The maximum atomic E-state index is 14.0. The molecule has 2 heterocycles. The summed E-state index contributed by atoms with van der Waals surface area (Å²) < 4.78 is 48.8. The molecular weight excluding hydrogens is 579 g/mol. The molecule has 2 aromatic carbocycles. The summed E-state index contributed by atoms with van der Waals surface area (Å²) in [5.74, 6) is 1.18. The zero-order valence-electron chi connectivity index (χ0n) is 28.3. The van der Waals surface area contributed by atoms with E-state index in [2.05, 4.69) is 44.7 Å². The van der Waals surface area contributed by atoms with Gasteiger partial charge >= 0.3 is 6.18 Å². The molecule has 4 rings (SSSR count). The van der Waals surface area contributed by atoms with Crippen molar-refractivity contribution in [3.8, 4) is 11.8 Å². The molecule has 0 spiro atoms. The number of hydrogen-bond acceptors (Lipinski definition) is 5. The number of unbranched alkanes of at least 4 members (excludes halogenated alkanes) is 1. The van der Waals surface area contributed by atoms with Crippen LogP contribution in [-0.4, -0.2) is 68.3 Å². The summed E-state index contributed by atoms with van der Waals surface area (Å²) in [5.41, 5.74) is 0.803. The van der Waals surface area contributed by atoms with Crippen LogP contribution in [0.4, 0.5) is 13.2 Å². The zero-order valence-corrected chi connectivity index (χ0v) is 28.3. The van der Waals surface area contributed by atoms with Crippen LogP contribution in [-0.2, 0) is 15.7 Å². The van der Waals surface area contributed by atoms with Gasteiger partial charge in [0.25, 0.3) is 0 Å². The molecule has 1 amide bonds. The highest BCUT2D eigenvalue weighted by atomic mass is 19.4. The number of methoxy groups -OCH3 is 2. The highest BCUT2D eigenvalue weighted by Gasteiger charge is 2.52. The Morgan fingerprint density at radius 3 is 2.00 bits per heavy atom. The summed E-state index contributed by atoms with van der Waals surface area (Å²) in [4.78, 5) is 18.4. The lowest BCUT2D eigenvalue weighted by atomic mass is 9.74. The van der Waals surface area contributed by atoms with Crippen molar-refractivity contribution in [1.82, 2.24) is 9.80 Å². The van der Waals surface area contributed by atoms with Gasteiger partial charge in [-0.25, -0.2) is 0 Å². The summed E-state index contributed by atoms with van der Waals surface area (Å²) in [6.07, 6.45) is -1.36. The fraction of sp³-hybridized carbons (Fsp3) is 0.611. The SMILES string of the molecule is CC.COCCCC#N.COc1ccc([C@@H]2CN(C(C)(C)C)CC2(C)C(=O)N2CCC(c3ccc(C(F)(F)F)cc3)CC2)cc1. The highest BCUT2D eigenvalue weighted by molar-refractivity contribution is 5.84. The second kappa shape index (κ2) is 17.0. The number of amides is 1. The average Bonchev–Trinajstić information content (AvgIpc) is 3.41. The van der Waals surface area contributed by atoms with Gasteiger partial charge in [0, 0.05) is 57.8 Å². The van der Waals surface area contributed by atoms with Crippen LogP contribution < -0.4 is 4.74 Å². The molecule has 2 atom stereocenters. The number of carbonyl (C=O) groups is 1. The van der Waals surface area contributed by atoms with Crippen molar-refractivity contribution in [1.29, 1.82) is 5.26 Å². The summed E-state index contributed by atoms with van der Waals surface area (Å²) in [5, 5.41) is 7.99. The van der Waals surface area contributed by atoms with Gasteiger partial charge in [0.2, 0.25) is 5.91 Å². The average molecular weight is 632 g/mol. The molecule has 6 nitrogen and oxygen atoms in total. The van der Waals surface area contributed by atoms with Crippen molar-refractivity contribution in [2.75, 3.05) is 47.0 Å². The Balaban J connectivity index is 0.000000692. The maximum Gasteiger partial charge on any atom is 0.416 e. The molecule has 2 aliphatic rings. The van der Waals surface area contributed by atoms with E-state index in [0.717, 1.165) is 54.8 Å². The number of ether oxygens (including phenoxy) is 2. The Morgan fingerprint density at radius 2 is 1.53 bits per heavy atom. The van der Waals surface area contributed by atoms with Gasteiger partial charge in [0.05, 0.1) is 24.2 Å². The minimum absolute atomic E-state index is 0.0572. The normalized spacial score (nSPS) is 20.8. The predicted octanol–water partition coefficient (Wildman–Crippen LogP) is 8.29. The number of nitriles is 1. The fourth-order valence-electron chi connectivity index (χ4n) is 6.05. The van der Waals surface area contributed by atoms with Crippen LogP contribution in [0.5, 0.6) is 5.75 Å². The number of nitrogens with zero attached hydrogens (tertiary/aromatic N) is 3. The summed E-state index contributed by atoms with van der Waals surface area (Å²) in [7, 11) is 3.28. The molecule has 0 bridgehead atoms. The molecule has 0 N–H and O–H groups in total. The van der Waals surface area contributed by atoms with Gasteiger partial charge < -0.3 is 14.4 Å². The van der Waals surface area contributed by atoms with E-state index in [0.29, 0.717) is 32.7 Å². The van der Waals surface area contributed by atoms with E-state index in [4.69, 9.17) is 14.7 Å². The molecule has 1 unspecified atom stereocenters. The minimum Gasteiger partial charge on any atom is -0.497 e. The van der Waals surface area contributed by atoms with Crippen LogP contribution >= 0.6 is 0 Å². The Hall–Kier alpha value is -3.09. The molecule has 0 aromatic heterocycles. The van der Waals surface area contributed by atoms with Crippen LogP contribution in [0.1, 0.15) is 95.8 Å². The molecule has 2 aliphatic heterocycles. The molecule has 0 aliphatic carbocycles. The molecule has 2 saturated heterocycles. The van der Waals surface area contributed by atoms with Gasteiger partial charge in [0.15, 0.2) is 0 Å². The lowest BCUT2D eigenvalue weighted by Crippen LogP contribution is -2.49. The van der Waals surface area contributed by atoms with Crippen LogP contribution in [0.3, 0.4) is 0 Å². The summed E-state index contributed by atoms with van der Waals surface area (Å²) in [6, 6.07) is 15.6. The van der Waals surface area contributed by atoms with Crippen LogP contribution in [0.15, 0.2) is 48.5 Å². The maximum absolute atomic E-state index is 14.0. The van der Waals surface area contributed by atoms with Crippen LogP contribution in [0, 0.1) is 16.7 Å².